The van der Waals surface area contributed by atoms with E-state index < -0.39 is 10.0 Å². The lowest BCUT2D eigenvalue weighted by molar-refractivity contribution is 0.468. The predicted molar refractivity (Wildman–Crippen MR) is 64.1 cm³/mol. The van der Waals surface area contributed by atoms with Crippen molar-refractivity contribution >= 4 is 21.4 Å². The molecule has 0 unspecified atom stereocenters. The number of aromatic amines is 1. The zero-order chi connectivity index (χ0) is 12.5. The van der Waals surface area contributed by atoms with Gasteiger partial charge in [-0.1, -0.05) is 0 Å². The highest BCUT2D eigenvalue weighted by Gasteiger charge is 2.22. The molecule has 1 N–H and O–H groups in total. The van der Waals surface area contributed by atoms with Crippen molar-refractivity contribution in [3.05, 3.63) is 28.5 Å². The minimum absolute atomic E-state index is 0.169. The normalized spacial score (nSPS) is 12.2. The first-order chi connectivity index (χ1) is 8.01. The van der Waals surface area contributed by atoms with E-state index in [2.05, 4.69) is 15.2 Å². The highest BCUT2D eigenvalue weighted by atomic mass is 32.2. The molecular weight excluding hydrogens is 260 g/mol. The van der Waals surface area contributed by atoms with Crippen LogP contribution >= 0.6 is 11.3 Å². The second-order valence-corrected chi connectivity index (χ2v) is 6.54. The fourth-order valence-corrected chi connectivity index (χ4v) is 3.28. The smallest absolute Gasteiger partial charge is 0.246 e. The summed E-state index contributed by atoms with van der Waals surface area (Å²) in [5, 5.41) is 6.14. The number of sulfonamides is 1. The maximum Gasteiger partial charge on any atom is 0.246 e. The molecule has 2 aromatic heterocycles. The van der Waals surface area contributed by atoms with Crippen LogP contribution in [0, 0.1) is 6.92 Å². The van der Waals surface area contributed by atoms with E-state index in [1.807, 2.05) is 6.92 Å². The summed E-state index contributed by atoms with van der Waals surface area (Å²) in [4.78, 5) is 5.21. The van der Waals surface area contributed by atoms with Crippen LogP contribution in [0.5, 0.6) is 0 Å². The largest absolute Gasteiger partial charge is 0.284 e. The molecule has 0 fully saturated rings. The van der Waals surface area contributed by atoms with E-state index in [-0.39, 0.29) is 4.90 Å². The Morgan fingerprint density at radius 3 is 2.82 bits per heavy atom. The highest BCUT2D eigenvalue weighted by Crippen LogP contribution is 2.19. The summed E-state index contributed by atoms with van der Waals surface area (Å²) in [5.74, 6) is 0. The first kappa shape index (κ1) is 12.2. The van der Waals surface area contributed by atoms with Crippen molar-refractivity contribution in [1.29, 1.82) is 0 Å². The highest BCUT2D eigenvalue weighted by molar-refractivity contribution is 7.89. The zero-order valence-electron chi connectivity index (χ0n) is 9.41. The van der Waals surface area contributed by atoms with Crippen LogP contribution in [0.4, 0.5) is 0 Å². The van der Waals surface area contributed by atoms with Crippen LogP contribution in [0.1, 0.15) is 10.6 Å². The number of rotatable bonds is 4. The average Bonchev–Trinajstić information content (AvgIpc) is 2.90. The molecule has 0 aliphatic heterocycles. The number of nitrogens with zero attached hydrogens (tertiary/aromatic N) is 3. The van der Waals surface area contributed by atoms with E-state index in [0.29, 0.717) is 6.54 Å². The number of hydrogen-bond donors (Lipinski definition) is 1. The Bertz CT molecular complexity index is 588. The van der Waals surface area contributed by atoms with Gasteiger partial charge in [0.25, 0.3) is 0 Å². The van der Waals surface area contributed by atoms with Gasteiger partial charge in [0.1, 0.15) is 4.90 Å². The summed E-state index contributed by atoms with van der Waals surface area (Å²) in [6.07, 6.45) is 2.66. The molecule has 0 spiro atoms. The van der Waals surface area contributed by atoms with Crippen LogP contribution in [0.3, 0.4) is 0 Å². The Morgan fingerprint density at radius 1 is 1.53 bits per heavy atom. The summed E-state index contributed by atoms with van der Waals surface area (Å²) in [5.41, 5.74) is 2.58. The molecule has 0 atom stereocenters. The van der Waals surface area contributed by atoms with Crippen molar-refractivity contribution in [3.8, 4) is 0 Å². The van der Waals surface area contributed by atoms with Gasteiger partial charge < -0.3 is 0 Å². The number of hydrogen-bond acceptors (Lipinski definition) is 5. The standard InChI is InChI=1S/C9H12N4O2S2/c1-7-9(16-6-10-7)5-13(2)17(14,15)8-3-11-12-4-8/h3-4,6H,5H2,1-2H3,(H,11,12). The molecule has 2 aromatic rings. The molecule has 0 saturated heterocycles. The van der Waals surface area contributed by atoms with E-state index in [1.165, 1.54) is 28.0 Å². The third kappa shape index (κ3) is 2.38. The van der Waals surface area contributed by atoms with Crippen molar-refractivity contribution in [2.24, 2.45) is 0 Å². The molecular formula is C9H12N4O2S2. The van der Waals surface area contributed by atoms with Crippen molar-refractivity contribution in [1.82, 2.24) is 19.5 Å². The Labute approximate surface area is 103 Å². The van der Waals surface area contributed by atoms with Crippen LogP contribution in [0.2, 0.25) is 0 Å². The van der Waals surface area contributed by atoms with Gasteiger partial charge in [-0.15, -0.1) is 11.3 Å². The van der Waals surface area contributed by atoms with Crippen LogP contribution in [-0.2, 0) is 16.6 Å². The zero-order valence-corrected chi connectivity index (χ0v) is 11.0. The second kappa shape index (κ2) is 4.55. The number of H-pyrrole nitrogens is 1. The topological polar surface area (TPSA) is 79.0 Å². The van der Waals surface area contributed by atoms with E-state index in [0.717, 1.165) is 10.6 Å². The SMILES string of the molecule is Cc1ncsc1CN(C)S(=O)(=O)c1cn[nH]c1. The first-order valence-corrected chi connectivity index (χ1v) is 7.18. The lowest BCUT2D eigenvalue weighted by atomic mass is 10.4. The molecule has 8 heteroatoms. The van der Waals surface area contributed by atoms with E-state index in [9.17, 15) is 8.42 Å². The van der Waals surface area contributed by atoms with Crippen LogP contribution in [-0.4, -0.2) is 35.0 Å². The maximum absolute atomic E-state index is 12.1. The van der Waals surface area contributed by atoms with Gasteiger partial charge in [0, 0.05) is 24.7 Å². The number of thiazole rings is 1. The number of aryl methyl sites for hydroxylation is 1. The Hall–Kier alpha value is -1.25. The molecule has 6 nitrogen and oxygen atoms in total. The van der Waals surface area contributed by atoms with Gasteiger partial charge in [0.05, 0.1) is 17.4 Å². The van der Waals surface area contributed by atoms with Gasteiger partial charge >= 0.3 is 0 Å². The van der Waals surface area contributed by atoms with Crippen molar-refractivity contribution < 1.29 is 8.42 Å². The molecule has 2 rings (SSSR count). The molecule has 17 heavy (non-hydrogen) atoms. The molecule has 0 aliphatic carbocycles. The van der Waals surface area contributed by atoms with Gasteiger partial charge in [0.2, 0.25) is 10.0 Å². The maximum atomic E-state index is 12.1. The summed E-state index contributed by atoms with van der Waals surface area (Å²) in [6, 6.07) is 0. The average molecular weight is 272 g/mol. The number of aromatic nitrogens is 3. The Balaban J connectivity index is 2.22. The van der Waals surface area contributed by atoms with Crippen LogP contribution in [0.15, 0.2) is 22.8 Å². The van der Waals surface area contributed by atoms with Gasteiger partial charge in [-0.05, 0) is 6.92 Å². The van der Waals surface area contributed by atoms with Crippen LogP contribution in [0.25, 0.3) is 0 Å². The summed E-state index contributed by atoms with van der Waals surface area (Å²) in [6.45, 7) is 2.19. The third-order valence-electron chi connectivity index (χ3n) is 2.39. The van der Waals surface area contributed by atoms with Crippen LogP contribution < -0.4 is 0 Å². The van der Waals surface area contributed by atoms with E-state index >= 15 is 0 Å². The van der Waals surface area contributed by atoms with Crippen molar-refractivity contribution in [3.63, 3.8) is 0 Å². The van der Waals surface area contributed by atoms with E-state index in [1.54, 1.807) is 12.6 Å². The molecule has 0 aliphatic rings. The number of nitrogens with one attached hydrogen (secondary N) is 1. The van der Waals surface area contributed by atoms with Gasteiger partial charge in [0.15, 0.2) is 0 Å². The first-order valence-electron chi connectivity index (χ1n) is 4.86. The van der Waals surface area contributed by atoms with Gasteiger partial charge in [-0.25, -0.2) is 13.4 Å². The lowest BCUT2D eigenvalue weighted by Gasteiger charge is -2.15. The van der Waals surface area contributed by atoms with Crippen molar-refractivity contribution in [2.75, 3.05) is 7.05 Å². The van der Waals surface area contributed by atoms with E-state index in [4.69, 9.17) is 0 Å². The molecule has 92 valence electrons. The molecule has 0 bridgehead atoms. The fourth-order valence-electron chi connectivity index (χ4n) is 1.33. The predicted octanol–water partition coefficient (Wildman–Crippen LogP) is 0.995. The summed E-state index contributed by atoms with van der Waals surface area (Å²) < 4.78 is 25.5. The van der Waals surface area contributed by atoms with Crippen molar-refractivity contribution in [2.45, 2.75) is 18.4 Å². The summed E-state index contributed by atoms with van der Waals surface area (Å²) in [7, 11) is -1.93. The lowest BCUT2D eigenvalue weighted by Crippen LogP contribution is -2.26. The minimum atomic E-state index is -3.47. The molecule has 2 heterocycles. The fraction of sp³-hybridized carbons (Fsp3) is 0.333. The quantitative estimate of drug-likeness (QED) is 0.900. The molecule has 0 radical (unpaired) electrons. The van der Waals surface area contributed by atoms with Gasteiger partial charge in [-0.3, -0.25) is 5.10 Å². The molecule has 0 aromatic carbocycles. The summed E-state index contributed by atoms with van der Waals surface area (Å²) >= 11 is 1.45. The molecule has 0 saturated carbocycles. The Morgan fingerprint density at radius 2 is 2.29 bits per heavy atom. The van der Waals surface area contributed by atoms with Gasteiger partial charge in [-0.2, -0.15) is 9.40 Å². The second-order valence-electron chi connectivity index (χ2n) is 3.56. The Kier molecular flexibility index (Phi) is 3.27. The third-order valence-corrected chi connectivity index (χ3v) is 5.08. The monoisotopic (exact) mass is 272 g/mol. The molecule has 0 amide bonds. The minimum Gasteiger partial charge on any atom is -0.284 e.